The minimum Gasteiger partial charge on any atom is -0.268 e. The Morgan fingerprint density at radius 1 is 1.22 bits per heavy atom. The van der Waals surface area contributed by atoms with Crippen LogP contribution in [0, 0.1) is 17.0 Å². The maximum absolute atomic E-state index is 12.8. The van der Waals surface area contributed by atoms with E-state index in [1.165, 1.54) is 34.9 Å². The van der Waals surface area contributed by atoms with E-state index in [4.69, 9.17) is 23.2 Å². The van der Waals surface area contributed by atoms with E-state index < -0.39 is 10.5 Å². The first kappa shape index (κ1) is 15.5. The van der Waals surface area contributed by atoms with E-state index in [1.807, 2.05) is 0 Å². The summed E-state index contributed by atoms with van der Waals surface area (Å²) in [5.74, 6) is 0.368. The largest absolute Gasteiger partial charge is 0.271 e. The zero-order chi connectivity index (χ0) is 16.7. The fourth-order valence-corrected chi connectivity index (χ4v) is 2.91. The summed E-state index contributed by atoms with van der Waals surface area (Å²) in [4.78, 5) is 27.5. The number of nitro groups is 1. The van der Waals surface area contributed by atoms with Crippen LogP contribution in [0.3, 0.4) is 0 Å². The standard InChI is InChI=1S/C15H9Cl2N3O3/c1-8-18-14-12(5-9(16)6-13(14)17)15(21)19(8)10-3-2-4-11(7-10)20(22)23/h2-7H,1H3. The summed E-state index contributed by atoms with van der Waals surface area (Å²) in [7, 11) is 0. The number of halogens is 2. The molecule has 0 aliphatic rings. The van der Waals surface area contributed by atoms with Crippen molar-refractivity contribution in [3.05, 3.63) is 72.7 Å². The van der Waals surface area contributed by atoms with Crippen LogP contribution >= 0.6 is 23.2 Å². The Hall–Kier alpha value is -2.44. The van der Waals surface area contributed by atoms with E-state index in [0.717, 1.165) is 0 Å². The van der Waals surface area contributed by atoms with Gasteiger partial charge in [-0.3, -0.25) is 19.5 Å². The lowest BCUT2D eigenvalue weighted by Crippen LogP contribution is -2.22. The monoisotopic (exact) mass is 349 g/mol. The van der Waals surface area contributed by atoms with Crippen LogP contribution in [0.15, 0.2) is 41.2 Å². The molecule has 0 fully saturated rings. The lowest BCUT2D eigenvalue weighted by atomic mass is 10.2. The van der Waals surface area contributed by atoms with Crippen molar-refractivity contribution in [2.75, 3.05) is 0 Å². The molecule has 0 amide bonds. The molecule has 3 rings (SSSR count). The molecular formula is C15H9Cl2N3O3. The van der Waals surface area contributed by atoms with Crippen molar-refractivity contribution < 1.29 is 4.92 Å². The van der Waals surface area contributed by atoms with Gasteiger partial charge < -0.3 is 0 Å². The van der Waals surface area contributed by atoms with Crippen LogP contribution in [-0.2, 0) is 0 Å². The molecule has 0 radical (unpaired) electrons. The van der Waals surface area contributed by atoms with Crippen LogP contribution in [-0.4, -0.2) is 14.5 Å². The fraction of sp³-hybridized carbons (Fsp3) is 0.0667. The highest BCUT2D eigenvalue weighted by molar-refractivity contribution is 6.38. The van der Waals surface area contributed by atoms with Crippen molar-refractivity contribution in [2.24, 2.45) is 0 Å². The Morgan fingerprint density at radius 3 is 2.65 bits per heavy atom. The summed E-state index contributed by atoms with van der Waals surface area (Å²) in [5.41, 5.74) is 0.197. The summed E-state index contributed by atoms with van der Waals surface area (Å²) in [6.45, 7) is 1.63. The average molecular weight is 350 g/mol. The van der Waals surface area contributed by atoms with Crippen LogP contribution in [0.1, 0.15) is 5.82 Å². The Morgan fingerprint density at radius 2 is 1.96 bits per heavy atom. The van der Waals surface area contributed by atoms with E-state index >= 15 is 0 Å². The third kappa shape index (κ3) is 2.67. The minimum atomic E-state index is -0.522. The van der Waals surface area contributed by atoms with Gasteiger partial charge in [-0.05, 0) is 25.1 Å². The summed E-state index contributed by atoms with van der Waals surface area (Å²) in [6, 6.07) is 8.76. The van der Waals surface area contributed by atoms with Crippen LogP contribution in [0.5, 0.6) is 0 Å². The van der Waals surface area contributed by atoms with E-state index in [9.17, 15) is 14.9 Å². The Labute approximate surface area is 140 Å². The molecule has 3 aromatic rings. The Bertz CT molecular complexity index is 1010. The molecular weight excluding hydrogens is 341 g/mol. The van der Waals surface area contributed by atoms with Crippen LogP contribution in [0.25, 0.3) is 16.6 Å². The zero-order valence-electron chi connectivity index (χ0n) is 11.8. The van der Waals surface area contributed by atoms with Gasteiger partial charge in [0.15, 0.2) is 0 Å². The molecule has 0 spiro atoms. The van der Waals surface area contributed by atoms with Gasteiger partial charge in [0.2, 0.25) is 0 Å². The quantitative estimate of drug-likeness (QED) is 0.519. The number of aromatic nitrogens is 2. The molecule has 0 atom stereocenters. The van der Waals surface area contributed by atoms with Gasteiger partial charge in [-0.1, -0.05) is 29.3 Å². The van der Waals surface area contributed by atoms with Crippen molar-refractivity contribution >= 4 is 39.8 Å². The molecule has 1 heterocycles. The van der Waals surface area contributed by atoms with Crippen molar-refractivity contribution in [3.8, 4) is 5.69 Å². The summed E-state index contributed by atoms with van der Waals surface area (Å²) >= 11 is 12.0. The summed E-state index contributed by atoms with van der Waals surface area (Å²) in [6.07, 6.45) is 0. The number of hydrogen-bond acceptors (Lipinski definition) is 4. The SMILES string of the molecule is Cc1nc2c(Cl)cc(Cl)cc2c(=O)n1-c1cccc([N+](=O)[O-])c1. The van der Waals surface area contributed by atoms with E-state index in [1.54, 1.807) is 13.0 Å². The topological polar surface area (TPSA) is 78.0 Å². The van der Waals surface area contributed by atoms with Gasteiger partial charge in [-0.25, -0.2) is 4.98 Å². The maximum Gasteiger partial charge on any atom is 0.271 e. The highest BCUT2D eigenvalue weighted by atomic mass is 35.5. The second-order valence-corrected chi connectivity index (χ2v) is 5.70. The van der Waals surface area contributed by atoms with Gasteiger partial charge in [0.1, 0.15) is 5.82 Å². The molecule has 0 bridgehead atoms. The molecule has 0 saturated heterocycles. The van der Waals surface area contributed by atoms with E-state index in [-0.39, 0.29) is 16.1 Å². The van der Waals surface area contributed by atoms with Crippen molar-refractivity contribution in [2.45, 2.75) is 6.92 Å². The van der Waals surface area contributed by atoms with Crippen LogP contribution < -0.4 is 5.56 Å². The zero-order valence-corrected chi connectivity index (χ0v) is 13.3. The van der Waals surface area contributed by atoms with E-state index in [2.05, 4.69) is 4.98 Å². The summed E-state index contributed by atoms with van der Waals surface area (Å²) < 4.78 is 1.29. The molecule has 2 aromatic carbocycles. The molecule has 0 saturated carbocycles. The van der Waals surface area contributed by atoms with Crippen molar-refractivity contribution in [1.29, 1.82) is 0 Å². The first-order chi connectivity index (χ1) is 10.9. The maximum atomic E-state index is 12.8. The number of non-ortho nitro benzene ring substituents is 1. The third-order valence-electron chi connectivity index (χ3n) is 3.36. The Kier molecular flexibility index (Phi) is 3.79. The lowest BCUT2D eigenvalue weighted by molar-refractivity contribution is -0.384. The molecule has 116 valence electrons. The normalized spacial score (nSPS) is 10.9. The van der Waals surface area contributed by atoms with E-state index in [0.29, 0.717) is 22.1 Å². The number of hydrogen-bond donors (Lipinski definition) is 0. The van der Waals surface area contributed by atoms with Crippen molar-refractivity contribution in [3.63, 3.8) is 0 Å². The first-order valence-electron chi connectivity index (χ1n) is 6.51. The molecule has 0 aliphatic carbocycles. The number of nitrogens with zero attached hydrogens (tertiary/aromatic N) is 3. The summed E-state index contributed by atoms with van der Waals surface area (Å²) in [5, 5.41) is 11.8. The second-order valence-electron chi connectivity index (χ2n) is 4.86. The van der Waals surface area contributed by atoms with Gasteiger partial charge in [0, 0.05) is 17.2 Å². The lowest BCUT2D eigenvalue weighted by Gasteiger charge is -2.11. The van der Waals surface area contributed by atoms with Gasteiger partial charge in [0.25, 0.3) is 11.2 Å². The number of aryl methyl sites for hydroxylation is 1. The average Bonchev–Trinajstić information content (AvgIpc) is 2.49. The molecule has 8 heteroatoms. The molecule has 0 unspecified atom stereocenters. The first-order valence-corrected chi connectivity index (χ1v) is 7.27. The van der Waals surface area contributed by atoms with Gasteiger partial charge >= 0.3 is 0 Å². The molecule has 1 aromatic heterocycles. The van der Waals surface area contributed by atoms with Gasteiger partial charge in [0.05, 0.1) is 26.5 Å². The van der Waals surface area contributed by atoms with Crippen LogP contribution in [0.2, 0.25) is 10.0 Å². The predicted molar refractivity (Wildman–Crippen MR) is 88.8 cm³/mol. The molecule has 6 nitrogen and oxygen atoms in total. The second kappa shape index (κ2) is 5.64. The number of benzene rings is 2. The molecule has 0 aliphatic heterocycles. The predicted octanol–water partition coefficient (Wildman–Crippen LogP) is 3.91. The van der Waals surface area contributed by atoms with Crippen LogP contribution in [0.4, 0.5) is 5.69 Å². The number of rotatable bonds is 2. The Balaban J connectivity index is 2.37. The highest BCUT2D eigenvalue weighted by Crippen LogP contribution is 2.25. The number of fused-ring (bicyclic) bond motifs is 1. The third-order valence-corrected chi connectivity index (χ3v) is 3.86. The minimum absolute atomic E-state index is 0.113. The fourth-order valence-electron chi connectivity index (χ4n) is 2.37. The molecule has 0 N–H and O–H groups in total. The van der Waals surface area contributed by atoms with Gasteiger partial charge in [-0.2, -0.15) is 0 Å². The van der Waals surface area contributed by atoms with Gasteiger partial charge in [-0.15, -0.1) is 0 Å². The number of nitro benzene ring substituents is 1. The smallest absolute Gasteiger partial charge is 0.268 e. The molecule has 23 heavy (non-hydrogen) atoms. The highest BCUT2D eigenvalue weighted by Gasteiger charge is 2.15. The van der Waals surface area contributed by atoms with Crippen molar-refractivity contribution in [1.82, 2.24) is 9.55 Å².